The molecular weight excluding hydrogens is 214 g/mol. The molecule has 88 valence electrons. The van der Waals surface area contributed by atoms with E-state index >= 15 is 0 Å². The Kier molecular flexibility index (Phi) is 3.23. The summed E-state index contributed by atoms with van der Waals surface area (Å²) in [6.07, 6.45) is 1.54. The maximum Gasteiger partial charge on any atom is 0.255 e. The first-order valence-electron chi connectivity index (χ1n) is 5.54. The molecule has 17 heavy (non-hydrogen) atoms. The third kappa shape index (κ3) is 2.53. The molecule has 0 saturated heterocycles. The van der Waals surface area contributed by atoms with Crippen molar-refractivity contribution in [2.24, 2.45) is 0 Å². The average Bonchev–Trinajstić information content (AvgIpc) is 2.76. The third-order valence-electron chi connectivity index (χ3n) is 2.72. The van der Waals surface area contributed by atoms with Gasteiger partial charge in [-0.1, -0.05) is 30.3 Å². The smallest absolute Gasteiger partial charge is 0.255 e. The molecule has 0 aliphatic heterocycles. The fourth-order valence-electron chi connectivity index (χ4n) is 1.68. The SMILES string of the molecule is Cc1[nH]ncc1C(=O)NC(C)c1ccccc1. The molecule has 4 nitrogen and oxygen atoms in total. The van der Waals surface area contributed by atoms with E-state index in [0.29, 0.717) is 5.56 Å². The van der Waals surface area contributed by atoms with Crippen LogP contribution in [-0.2, 0) is 0 Å². The van der Waals surface area contributed by atoms with Crippen molar-refractivity contribution < 1.29 is 4.79 Å². The molecule has 0 saturated carbocycles. The van der Waals surface area contributed by atoms with Crippen LogP contribution in [0.2, 0.25) is 0 Å². The molecule has 0 aliphatic carbocycles. The maximum atomic E-state index is 11.9. The van der Waals surface area contributed by atoms with E-state index < -0.39 is 0 Å². The molecule has 1 aromatic carbocycles. The van der Waals surface area contributed by atoms with Crippen LogP contribution in [0.3, 0.4) is 0 Å². The summed E-state index contributed by atoms with van der Waals surface area (Å²) >= 11 is 0. The summed E-state index contributed by atoms with van der Waals surface area (Å²) in [5, 5.41) is 9.53. The number of aromatic amines is 1. The quantitative estimate of drug-likeness (QED) is 0.847. The van der Waals surface area contributed by atoms with Crippen LogP contribution in [0.5, 0.6) is 0 Å². The summed E-state index contributed by atoms with van der Waals surface area (Å²) in [7, 11) is 0. The highest BCUT2D eigenvalue weighted by molar-refractivity contribution is 5.95. The number of nitrogens with zero attached hydrogens (tertiary/aromatic N) is 1. The van der Waals surface area contributed by atoms with Crippen molar-refractivity contribution in [3.05, 3.63) is 53.3 Å². The van der Waals surface area contributed by atoms with Crippen LogP contribution in [0, 0.1) is 6.92 Å². The fraction of sp³-hybridized carbons (Fsp3) is 0.231. The highest BCUT2D eigenvalue weighted by Crippen LogP contribution is 2.12. The number of rotatable bonds is 3. The lowest BCUT2D eigenvalue weighted by Gasteiger charge is -2.13. The van der Waals surface area contributed by atoms with Gasteiger partial charge in [-0.25, -0.2) is 0 Å². The molecule has 1 atom stereocenters. The zero-order valence-corrected chi connectivity index (χ0v) is 9.90. The average molecular weight is 229 g/mol. The number of benzene rings is 1. The minimum atomic E-state index is -0.104. The van der Waals surface area contributed by atoms with Crippen molar-refractivity contribution in [2.75, 3.05) is 0 Å². The topological polar surface area (TPSA) is 57.8 Å². The second-order valence-corrected chi connectivity index (χ2v) is 4.01. The summed E-state index contributed by atoms with van der Waals surface area (Å²) < 4.78 is 0. The number of carbonyl (C=O) groups excluding carboxylic acids is 1. The summed E-state index contributed by atoms with van der Waals surface area (Å²) in [6.45, 7) is 3.79. The van der Waals surface area contributed by atoms with Crippen molar-refractivity contribution >= 4 is 5.91 Å². The number of carbonyl (C=O) groups is 1. The number of H-pyrrole nitrogens is 1. The van der Waals surface area contributed by atoms with Gasteiger partial charge in [0, 0.05) is 5.69 Å². The predicted molar refractivity (Wildman–Crippen MR) is 65.6 cm³/mol. The van der Waals surface area contributed by atoms with Gasteiger partial charge in [0.1, 0.15) is 0 Å². The van der Waals surface area contributed by atoms with E-state index in [-0.39, 0.29) is 11.9 Å². The molecule has 1 unspecified atom stereocenters. The number of hydrogen-bond acceptors (Lipinski definition) is 2. The lowest BCUT2D eigenvalue weighted by molar-refractivity contribution is 0.0939. The van der Waals surface area contributed by atoms with Gasteiger partial charge in [-0.05, 0) is 19.4 Å². The van der Waals surface area contributed by atoms with Crippen LogP contribution < -0.4 is 5.32 Å². The summed E-state index contributed by atoms with van der Waals surface area (Å²) in [6, 6.07) is 9.85. The maximum absolute atomic E-state index is 11.9. The van der Waals surface area contributed by atoms with Gasteiger partial charge in [0.2, 0.25) is 0 Å². The first-order valence-corrected chi connectivity index (χ1v) is 5.54. The second-order valence-electron chi connectivity index (χ2n) is 4.01. The van der Waals surface area contributed by atoms with Crippen LogP contribution in [0.15, 0.2) is 36.5 Å². The minimum absolute atomic E-state index is 0.0157. The van der Waals surface area contributed by atoms with Crippen LogP contribution in [0.1, 0.15) is 34.6 Å². The Hall–Kier alpha value is -2.10. The number of aryl methyl sites for hydroxylation is 1. The van der Waals surface area contributed by atoms with E-state index in [1.165, 1.54) is 0 Å². The molecule has 0 bridgehead atoms. The van der Waals surface area contributed by atoms with Gasteiger partial charge in [-0.15, -0.1) is 0 Å². The molecule has 0 aliphatic rings. The van der Waals surface area contributed by atoms with Crippen LogP contribution in [0.25, 0.3) is 0 Å². The Labute approximate surface area is 100 Å². The molecule has 2 rings (SSSR count). The molecule has 1 amide bonds. The number of aromatic nitrogens is 2. The van der Waals surface area contributed by atoms with Crippen molar-refractivity contribution in [3.8, 4) is 0 Å². The molecule has 0 fully saturated rings. The molecule has 4 heteroatoms. The van der Waals surface area contributed by atoms with E-state index in [0.717, 1.165) is 11.3 Å². The molecule has 2 aromatic rings. The van der Waals surface area contributed by atoms with Gasteiger partial charge in [-0.2, -0.15) is 5.10 Å². The van der Waals surface area contributed by atoms with Crippen molar-refractivity contribution in [2.45, 2.75) is 19.9 Å². The van der Waals surface area contributed by atoms with E-state index in [4.69, 9.17) is 0 Å². The van der Waals surface area contributed by atoms with Gasteiger partial charge in [0.15, 0.2) is 0 Å². The van der Waals surface area contributed by atoms with Crippen molar-refractivity contribution in [1.82, 2.24) is 15.5 Å². The number of nitrogens with one attached hydrogen (secondary N) is 2. The Morgan fingerprint density at radius 3 is 2.65 bits per heavy atom. The van der Waals surface area contributed by atoms with E-state index in [1.54, 1.807) is 6.20 Å². The van der Waals surface area contributed by atoms with Crippen LogP contribution in [0.4, 0.5) is 0 Å². The molecule has 0 radical (unpaired) electrons. The zero-order chi connectivity index (χ0) is 12.3. The highest BCUT2D eigenvalue weighted by atomic mass is 16.1. The Balaban J connectivity index is 2.08. The van der Waals surface area contributed by atoms with Gasteiger partial charge in [-0.3, -0.25) is 9.89 Å². The molecular formula is C13H15N3O. The summed E-state index contributed by atoms with van der Waals surface area (Å²) in [5.41, 5.74) is 2.46. The van der Waals surface area contributed by atoms with Gasteiger partial charge >= 0.3 is 0 Å². The number of hydrogen-bond donors (Lipinski definition) is 2. The number of amides is 1. The first kappa shape index (κ1) is 11.4. The monoisotopic (exact) mass is 229 g/mol. The molecule has 0 spiro atoms. The standard InChI is InChI=1S/C13H15N3O/c1-9(11-6-4-3-5-7-11)15-13(17)12-8-14-16-10(12)2/h3-9H,1-2H3,(H,14,16)(H,15,17). The van der Waals surface area contributed by atoms with Gasteiger partial charge in [0.25, 0.3) is 5.91 Å². The Morgan fingerprint density at radius 2 is 2.06 bits per heavy atom. The lowest BCUT2D eigenvalue weighted by Crippen LogP contribution is -2.26. The highest BCUT2D eigenvalue weighted by Gasteiger charge is 2.14. The second kappa shape index (κ2) is 4.82. The van der Waals surface area contributed by atoms with Crippen LogP contribution >= 0.6 is 0 Å². The first-order chi connectivity index (χ1) is 8.18. The fourth-order valence-corrected chi connectivity index (χ4v) is 1.68. The molecule has 2 N–H and O–H groups in total. The molecule has 1 aromatic heterocycles. The minimum Gasteiger partial charge on any atom is -0.345 e. The van der Waals surface area contributed by atoms with Crippen molar-refractivity contribution in [3.63, 3.8) is 0 Å². The third-order valence-corrected chi connectivity index (χ3v) is 2.72. The Bertz CT molecular complexity index is 504. The lowest BCUT2D eigenvalue weighted by atomic mass is 10.1. The van der Waals surface area contributed by atoms with E-state index in [2.05, 4.69) is 15.5 Å². The van der Waals surface area contributed by atoms with Gasteiger partial charge < -0.3 is 5.32 Å². The zero-order valence-electron chi connectivity index (χ0n) is 9.90. The summed E-state index contributed by atoms with van der Waals surface area (Å²) in [5.74, 6) is -0.104. The normalized spacial score (nSPS) is 12.1. The van der Waals surface area contributed by atoms with Crippen LogP contribution in [-0.4, -0.2) is 16.1 Å². The Morgan fingerprint density at radius 1 is 1.35 bits per heavy atom. The van der Waals surface area contributed by atoms with Gasteiger partial charge in [0.05, 0.1) is 17.8 Å². The predicted octanol–water partition coefficient (Wildman–Crippen LogP) is 2.21. The van der Waals surface area contributed by atoms with E-state index in [9.17, 15) is 4.79 Å². The summed E-state index contributed by atoms with van der Waals surface area (Å²) in [4.78, 5) is 11.9. The molecule has 1 heterocycles. The van der Waals surface area contributed by atoms with Crippen molar-refractivity contribution in [1.29, 1.82) is 0 Å². The largest absolute Gasteiger partial charge is 0.345 e. The van der Waals surface area contributed by atoms with E-state index in [1.807, 2.05) is 44.2 Å².